The quantitative estimate of drug-likeness (QED) is 0.928. The van der Waals surface area contributed by atoms with Gasteiger partial charge in [-0.05, 0) is 36.8 Å². The summed E-state index contributed by atoms with van der Waals surface area (Å²) >= 11 is 0. The number of rotatable bonds is 3. The number of hydrogen-bond acceptors (Lipinski definition) is 3. The Hall–Kier alpha value is -2.76. The summed E-state index contributed by atoms with van der Waals surface area (Å²) in [5.41, 5.74) is 2.44. The Bertz CT molecular complexity index is 758. The SMILES string of the molecule is COc1cccc(N2CCN(C(=O)Nc3cc(F)ccc3C)CC2)c1. The van der Waals surface area contributed by atoms with Gasteiger partial charge in [-0.2, -0.15) is 0 Å². The van der Waals surface area contributed by atoms with E-state index in [0.717, 1.165) is 30.1 Å². The molecule has 1 aliphatic rings. The van der Waals surface area contributed by atoms with E-state index in [1.165, 1.54) is 12.1 Å². The first kappa shape index (κ1) is 17.1. The largest absolute Gasteiger partial charge is 0.497 e. The molecule has 1 aliphatic heterocycles. The zero-order valence-corrected chi connectivity index (χ0v) is 14.5. The van der Waals surface area contributed by atoms with Crippen LogP contribution in [-0.4, -0.2) is 44.2 Å². The number of nitrogens with zero attached hydrogens (tertiary/aromatic N) is 2. The smallest absolute Gasteiger partial charge is 0.321 e. The van der Waals surface area contributed by atoms with Crippen molar-refractivity contribution < 1.29 is 13.9 Å². The van der Waals surface area contributed by atoms with Crippen molar-refractivity contribution in [3.8, 4) is 5.75 Å². The molecule has 6 heteroatoms. The predicted octanol–water partition coefficient (Wildman–Crippen LogP) is 3.50. The van der Waals surface area contributed by atoms with Crippen molar-refractivity contribution >= 4 is 17.4 Å². The Morgan fingerprint density at radius 2 is 1.88 bits per heavy atom. The van der Waals surface area contributed by atoms with Gasteiger partial charge in [0, 0.05) is 43.6 Å². The minimum Gasteiger partial charge on any atom is -0.497 e. The number of ether oxygens (including phenoxy) is 1. The number of amides is 2. The molecule has 3 rings (SSSR count). The van der Waals surface area contributed by atoms with Gasteiger partial charge >= 0.3 is 6.03 Å². The average molecular weight is 343 g/mol. The van der Waals surface area contributed by atoms with Crippen molar-refractivity contribution in [3.63, 3.8) is 0 Å². The molecule has 5 nitrogen and oxygen atoms in total. The van der Waals surface area contributed by atoms with Crippen LogP contribution in [0.15, 0.2) is 42.5 Å². The summed E-state index contributed by atoms with van der Waals surface area (Å²) in [7, 11) is 1.65. The molecule has 0 aliphatic carbocycles. The summed E-state index contributed by atoms with van der Waals surface area (Å²) in [5.74, 6) is 0.461. The third-order valence-corrected chi connectivity index (χ3v) is 4.43. The van der Waals surface area contributed by atoms with Crippen LogP contribution in [0.1, 0.15) is 5.56 Å². The monoisotopic (exact) mass is 343 g/mol. The molecule has 1 heterocycles. The van der Waals surface area contributed by atoms with Gasteiger partial charge in [-0.1, -0.05) is 12.1 Å². The molecule has 2 aromatic carbocycles. The molecule has 2 aromatic rings. The van der Waals surface area contributed by atoms with Crippen molar-refractivity contribution in [2.45, 2.75) is 6.92 Å². The number of carbonyl (C=O) groups excluding carboxylic acids is 1. The van der Waals surface area contributed by atoms with Gasteiger partial charge in [-0.15, -0.1) is 0 Å². The fourth-order valence-corrected chi connectivity index (χ4v) is 2.90. The number of aryl methyl sites for hydroxylation is 1. The fraction of sp³-hybridized carbons (Fsp3) is 0.316. The predicted molar refractivity (Wildman–Crippen MR) is 96.9 cm³/mol. The second kappa shape index (κ2) is 7.42. The molecule has 1 fully saturated rings. The van der Waals surface area contributed by atoms with Gasteiger partial charge in [-0.3, -0.25) is 0 Å². The molecule has 1 saturated heterocycles. The van der Waals surface area contributed by atoms with Crippen molar-refractivity contribution in [1.82, 2.24) is 4.90 Å². The molecular formula is C19H22FN3O2. The molecule has 2 amide bonds. The van der Waals surface area contributed by atoms with Crippen LogP contribution in [0.2, 0.25) is 0 Å². The number of anilines is 2. The van der Waals surface area contributed by atoms with E-state index in [2.05, 4.69) is 10.2 Å². The maximum atomic E-state index is 13.4. The lowest BCUT2D eigenvalue weighted by atomic mass is 10.2. The second-order valence-corrected chi connectivity index (χ2v) is 6.06. The molecule has 1 N–H and O–H groups in total. The van der Waals surface area contributed by atoms with Crippen LogP contribution in [0.4, 0.5) is 20.6 Å². The molecular weight excluding hydrogens is 321 g/mol. The molecule has 25 heavy (non-hydrogen) atoms. The molecule has 132 valence electrons. The van der Waals surface area contributed by atoms with Gasteiger partial charge < -0.3 is 19.9 Å². The van der Waals surface area contributed by atoms with Crippen LogP contribution in [0, 0.1) is 12.7 Å². The lowest BCUT2D eigenvalue weighted by Gasteiger charge is -2.36. The maximum absolute atomic E-state index is 13.4. The average Bonchev–Trinajstić information content (AvgIpc) is 2.65. The summed E-state index contributed by atoms with van der Waals surface area (Å²) < 4.78 is 18.6. The number of benzene rings is 2. The molecule has 0 aromatic heterocycles. The first-order chi connectivity index (χ1) is 12.1. The number of nitrogens with one attached hydrogen (secondary N) is 1. The maximum Gasteiger partial charge on any atom is 0.321 e. The second-order valence-electron chi connectivity index (χ2n) is 6.06. The molecule has 0 radical (unpaired) electrons. The number of halogens is 1. The van der Waals surface area contributed by atoms with E-state index in [4.69, 9.17) is 4.74 Å². The summed E-state index contributed by atoms with van der Waals surface area (Å²) in [6.45, 7) is 4.54. The van der Waals surface area contributed by atoms with Crippen LogP contribution in [-0.2, 0) is 0 Å². The third kappa shape index (κ3) is 4.02. The lowest BCUT2D eigenvalue weighted by Crippen LogP contribution is -2.50. The number of carbonyl (C=O) groups is 1. The van der Waals surface area contributed by atoms with Crippen LogP contribution >= 0.6 is 0 Å². The lowest BCUT2D eigenvalue weighted by molar-refractivity contribution is 0.208. The van der Waals surface area contributed by atoms with Crippen LogP contribution in [0.25, 0.3) is 0 Å². The minimum atomic E-state index is -0.358. The first-order valence-corrected chi connectivity index (χ1v) is 8.28. The first-order valence-electron chi connectivity index (χ1n) is 8.28. The number of methoxy groups -OCH3 is 1. The highest BCUT2D eigenvalue weighted by atomic mass is 19.1. The van der Waals surface area contributed by atoms with E-state index < -0.39 is 0 Å². The molecule has 0 unspecified atom stereocenters. The zero-order valence-electron chi connectivity index (χ0n) is 14.5. The number of urea groups is 1. The van der Waals surface area contributed by atoms with E-state index >= 15 is 0 Å². The van der Waals surface area contributed by atoms with E-state index in [1.807, 2.05) is 31.2 Å². The van der Waals surface area contributed by atoms with Gasteiger partial charge in [-0.25, -0.2) is 9.18 Å². The van der Waals surface area contributed by atoms with Crippen molar-refractivity contribution in [2.75, 3.05) is 43.5 Å². The van der Waals surface area contributed by atoms with Crippen LogP contribution in [0.3, 0.4) is 0 Å². The Morgan fingerprint density at radius 3 is 2.60 bits per heavy atom. The zero-order chi connectivity index (χ0) is 17.8. The van der Waals surface area contributed by atoms with Gasteiger partial charge in [0.25, 0.3) is 0 Å². The summed E-state index contributed by atoms with van der Waals surface area (Å²) in [6, 6.07) is 12.1. The molecule has 0 bridgehead atoms. The Labute approximate surface area is 147 Å². The van der Waals surface area contributed by atoms with Gasteiger partial charge in [0.15, 0.2) is 0 Å². The van der Waals surface area contributed by atoms with Crippen molar-refractivity contribution in [3.05, 3.63) is 53.8 Å². The summed E-state index contributed by atoms with van der Waals surface area (Å²) in [5, 5.41) is 2.80. The Balaban J connectivity index is 1.60. The Kier molecular flexibility index (Phi) is 5.07. The van der Waals surface area contributed by atoms with Gasteiger partial charge in [0.2, 0.25) is 0 Å². The Morgan fingerprint density at radius 1 is 1.12 bits per heavy atom. The van der Waals surface area contributed by atoms with Crippen molar-refractivity contribution in [1.29, 1.82) is 0 Å². The standard InChI is InChI=1S/C19H22FN3O2/c1-14-6-7-15(20)12-18(14)21-19(24)23-10-8-22(9-11-23)16-4-3-5-17(13-16)25-2/h3-7,12-13H,8-11H2,1-2H3,(H,21,24). The van der Waals surface area contributed by atoms with Crippen LogP contribution in [0.5, 0.6) is 5.75 Å². The van der Waals surface area contributed by atoms with Crippen molar-refractivity contribution in [2.24, 2.45) is 0 Å². The molecule has 0 spiro atoms. The molecule has 0 atom stereocenters. The fourth-order valence-electron chi connectivity index (χ4n) is 2.90. The minimum absolute atomic E-state index is 0.195. The molecule has 0 saturated carbocycles. The normalized spacial score (nSPS) is 14.4. The van der Waals surface area contributed by atoms with Gasteiger partial charge in [0.1, 0.15) is 11.6 Å². The highest BCUT2D eigenvalue weighted by molar-refractivity contribution is 5.90. The third-order valence-electron chi connectivity index (χ3n) is 4.43. The number of piperazine rings is 1. The van der Waals surface area contributed by atoms with E-state index in [0.29, 0.717) is 18.8 Å². The van der Waals surface area contributed by atoms with Crippen LogP contribution < -0.4 is 15.0 Å². The van der Waals surface area contributed by atoms with E-state index in [-0.39, 0.29) is 11.8 Å². The summed E-state index contributed by atoms with van der Waals surface area (Å²) in [6.07, 6.45) is 0. The van der Waals surface area contributed by atoms with Gasteiger partial charge in [0.05, 0.1) is 7.11 Å². The topological polar surface area (TPSA) is 44.8 Å². The van der Waals surface area contributed by atoms with E-state index in [9.17, 15) is 9.18 Å². The van der Waals surface area contributed by atoms with E-state index in [1.54, 1.807) is 18.1 Å². The number of hydrogen-bond donors (Lipinski definition) is 1. The summed E-state index contributed by atoms with van der Waals surface area (Å²) in [4.78, 5) is 16.4. The highest BCUT2D eigenvalue weighted by Crippen LogP contribution is 2.22. The highest BCUT2D eigenvalue weighted by Gasteiger charge is 2.22.